The highest BCUT2D eigenvalue weighted by molar-refractivity contribution is 7.80. The van der Waals surface area contributed by atoms with Gasteiger partial charge in [-0.15, -0.1) is 0 Å². The van der Waals surface area contributed by atoms with E-state index in [4.69, 9.17) is 34.4 Å². The minimum absolute atomic E-state index is 0.0246. The van der Waals surface area contributed by atoms with E-state index in [1.807, 2.05) is 17.2 Å². The minimum atomic E-state index is -0.0246. The molecule has 1 aromatic carbocycles. The molecule has 3 heterocycles. The van der Waals surface area contributed by atoms with Gasteiger partial charge in [-0.25, -0.2) is 15.8 Å². The number of amides is 1. The van der Waals surface area contributed by atoms with E-state index in [1.165, 1.54) is 12.4 Å². The zero-order valence-corrected chi connectivity index (χ0v) is 19.4. The largest absolute Gasteiger partial charge is 0.485 e. The first-order valence-electron chi connectivity index (χ1n) is 10.4. The second kappa shape index (κ2) is 10.2. The van der Waals surface area contributed by atoms with Crippen LogP contribution >= 0.6 is 23.8 Å². The van der Waals surface area contributed by atoms with E-state index >= 15 is 0 Å². The second-order valence-electron chi connectivity index (χ2n) is 7.62. The Kier molecular flexibility index (Phi) is 7.07. The first-order valence-corrected chi connectivity index (χ1v) is 11.2. The summed E-state index contributed by atoms with van der Waals surface area (Å²) in [4.78, 5) is 26.2. The summed E-state index contributed by atoms with van der Waals surface area (Å²) in [5.41, 5.74) is 5.00. The van der Waals surface area contributed by atoms with Gasteiger partial charge in [-0.1, -0.05) is 30.4 Å². The van der Waals surface area contributed by atoms with Gasteiger partial charge < -0.3 is 25.4 Å². The molecule has 1 amide bonds. The van der Waals surface area contributed by atoms with Gasteiger partial charge in [0, 0.05) is 25.0 Å². The average Bonchev–Trinajstić information content (AvgIpc) is 3.28. The van der Waals surface area contributed by atoms with E-state index in [2.05, 4.69) is 32.3 Å². The summed E-state index contributed by atoms with van der Waals surface area (Å²) in [6.07, 6.45) is 6.58. The van der Waals surface area contributed by atoms with Gasteiger partial charge in [0.1, 0.15) is 35.1 Å². The van der Waals surface area contributed by atoms with Crippen molar-refractivity contribution in [2.24, 2.45) is 5.84 Å². The van der Waals surface area contributed by atoms with E-state index in [-0.39, 0.29) is 12.5 Å². The second-order valence-corrected chi connectivity index (χ2v) is 8.52. The van der Waals surface area contributed by atoms with Gasteiger partial charge in [0.15, 0.2) is 0 Å². The third-order valence-corrected chi connectivity index (χ3v) is 6.17. The molecule has 33 heavy (non-hydrogen) atoms. The number of thiocarbonyl (C=S) groups is 1. The number of piperidine rings is 1. The molecule has 9 nitrogen and oxygen atoms in total. The van der Waals surface area contributed by atoms with Gasteiger partial charge in [0.25, 0.3) is 0 Å². The number of ether oxygens (including phenoxy) is 1. The molecule has 0 radical (unpaired) electrons. The third-order valence-electron chi connectivity index (χ3n) is 5.64. The Morgan fingerprint density at radius 1 is 1.39 bits per heavy atom. The molecule has 2 aromatic heterocycles. The molecule has 3 aromatic rings. The number of H-pyrrole nitrogens is 1. The van der Waals surface area contributed by atoms with Gasteiger partial charge in [0.05, 0.1) is 10.4 Å². The summed E-state index contributed by atoms with van der Waals surface area (Å²) >= 11 is 11.4. The van der Waals surface area contributed by atoms with E-state index < -0.39 is 0 Å². The number of aromatic amines is 1. The zero-order chi connectivity index (χ0) is 23.4. The molecule has 4 rings (SSSR count). The summed E-state index contributed by atoms with van der Waals surface area (Å²) in [7, 11) is 0. The highest BCUT2D eigenvalue weighted by Gasteiger charge is 2.26. The molecule has 0 atom stereocenters. The number of hydrogen-bond donors (Lipinski definition) is 4. The number of carbonyl (C=O) groups is 1. The minimum Gasteiger partial charge on any atom is -0.485 e. The van der Waals surface area contributed by atoms with Gasteiger partial charge in [-0.3, -0.25) is 4.79 Å². The van der Waals surface area contributed by atoms with Crippen molar-refractivity contribution >= 4 is 57.3 Å². The molecule has 1 fully saturated rings. The monoisotopic (exact) mass is 485 g/mol. The number of nitrogens with one attached hydrogen (secondary N) is 3. The topological polar surface area (TPSA) is 121 Å². The summed E-state index contributed by atoms with van der Waals surface area (Å²) < 4.78 is 5.58. The lowest BCUT2D eigenvalue weighted by atomic mass is 9.89. The maximum absolute atomic E-state index is 11.9. The highest BCUT2D eigenvalue weighted by Crippen LogP contribution is 2.37. The lowest BCUT2D eigenvalue weighted by Crippen LogP contribution is -2.36. The van der Waals surface area contributed by atoms with E-state index in [0.29, 0.717) is 40.6 Å². The molecule has 0 unspecified atom stereocenters. The third kappa shape index (κ3) is 5.08. The van der Waals surface area contributed by atoms with Crippen LogP contribution in [0.4, 0.5) is 11.5 Å². The summed E-state index contributed by atoms with van der Waals surface area (Å²) in [6.45, 7) is 5.10. The van der Waals surface area contributed by atoms with E-state index in [1.54, 1.807) is 12.1 Å². The fourth-order valence-corrected chi connectivity index (χ4v) is 4.25. The van der Waals surface area contributed by atoms with Crippen molar-refractivity contribution in [3.63, 3.8) is 0 Å². The maximum Gasteiger partial charge on any atom is 0.245 e. The molecule has 0 aliphatic carbocycles. The van der Waals surface area contributed by atoms with Crippen molar-refractivity contribution in [1.82, 2.24) is 25.3 Å². The van der Waals surface area contributed by atoms with Crippen molar-refractivity contribution < 1.29 is 9.53 Å². The Balaban J connectivity index is 1.54. The van der Waals surface area contributed by atoms with Crippen LogP contribution in [0.25, 0.3) is 11.0 Å². The van der Waals surface area contributed by atoms with Crippen molar-refractivity contribution in [2.75, 3.05) is 25.0 Å². The number of fused-ring (bicyclic) bond motifs is 1. The summed E-state index contributed by atoms with van der Waals surface area (Å²) in [5, 5.41) is 4.71. The number of carbonyl (C=O) groups excluding carboxylic acids is 1. The highest BCUT2D eigenvalue weighted by atomic mass is 35.5. The maximum atomic E-state index is 11.9. The van der Waals surface area contributed by atoms with Crippen LogP contribution in [0.1, 0.15) is 24.3 Å². The quantitative estimate of drug-likeness (QED) is 0.174. The van der Waals surface area contributed by atoms with Crippen molar-refractivity contribution in [3.8, 4) is 5.75 Å². The molecule has 172 valence electrons. The average molecular weight is 486 g/mol. The van der Waals surface area contributed by atoms with E-state index in [9.17, 15) is 4.79 Å². The number of hydrogen-bond acceptors (Lipinski definition) is 7. The molecule has 0 spiro atoms. The van der Waals surface area contributed by atoms with Gasteiger partial charge in [0.2, 0.25) is 5.91 Å². The fraction of sp³-hybridized carbons (Fsp3) is 0.273. The number of halogens is 1. The number of hydrazine groups is 1. The van der Waals surface area contributed by atoms with Crippen molar-refractivity contribution in [3.05, 3.63) is 54.0 Å². The molecule has 5 N–H and O–H groups in total. The number of nitrogens with zero attached hydrogens (tertiary/aromatic N) is 3. The van der Waals surface area contributed by atoms with Crippen LogP contribution in [0.15, 0.2) is 43.4 Å². The van der Waals surface area contributed by atoms with E-state index in [0.717, 1.165) is 35.1 Å². The van der Waals surface area contributed by atoms with Crippen molar-refractivity contribution in [2.45, 2.75) is 18.8 Å². The predicted octanol–water partition coefficient (Wildman–Crippen LogP) is 3.42. The fourth-order valence-electron chi connectivity index (χ4n) is 3.96. The Bertz CT molecular complexity index is 1190. The van der Waals surface area contributed by atoms with Crippen LogP contribution in [0.5, 0.6) is 5.75 Å². The smallest absolute Gasteiger partial charge is 0.245 e. The number of likely N-dealkylation sites (tertiary alicyclic amines) is 1. The molecule has 11 heteroatoms. The van der Waals surface area contributed by atoms with Crippen LogP contribution in [-0.2, 0) is 4.79 Å². The number of benzene rings is 1. The van der Waals surface area contributed by atoms with Crippen molar-refractivity contribution in [1.29, 1.82) is 0 Å². The first-order chi connectivity index (χ1) is 16.0. The van der Waals surface area contributed by atoms with Crippen LogP contribution in [0, 0.1) is 0 Å². The number of aromatic nitrogens is 3. The molecular formula is C22H24ClN7O2S. The summed E-state index contributed by atoms with van der Waals surface area (Å²) in [5.74, 6) is 6.70. The van der Waals surface area contributed by atoms with Gasteiger partial charge in [-0.05, 0) is 48.6 Å². The molecule has 0 saturated carbocycles. The van der Waals surface area contributed by atoms with Gasteiger partial charge >= 0.3 is 0 Å². The van der Waals surface area contributed by atoms with Crippen LogP contribution in [0.3, 0.4) is 0 Å². The molecule has 0 bridgehead atoms. The molecule has 1 saturated heterocycles. The lowest BCUT2D eigenvalue weighted by Gasteiger charge is -2.31. The Morgan fingerprint density at radius 3 is 2.88 bits per heavy atom. The van der Waals surface area contributed by atoms with Crippen LogP contribution in [-0.4, -0.2) is 50.4 Å². The number of anilines is 2. The molecular weight excluding hydrogens is 462 g/mol. The standard InChI is InChI=1S/C22H24ClN7O2S/c1-2-19(31)30-7-5-13(6-8-30)15-10-25-21-20(15)22(27-12-26-21)28-14-3-4-17(16(23)9-14)32-11-18(33)29-24/h2-4,9-10,12-13H,1,5-8,11,24H2,(H,29,33)(H2,25,26,27,28). The molecule has 1 aliphatic heterocycles. The SMILES string of the molecule is C=CC(=O)N1CCC(c2c[nH]c3ncnc(Nc4ccc(OCC(=S)NN)c(Cl)c4)c23)CC1. The normalized spacial score (nSPS) is 14.2. The predicted molar refractivity (Wildman–Crippen MR) is 133 cm³/mol. The van der Waals surface area contributed by atoms with Gasteiger partial charge in [-0.2, -0.15) is 0 Å². The Labute approximate surface area is 201 Å². The summed E-state index contributed by atoms with van der Waals surface area (Å²) in [6, 6.07) is 5.36. The molecule has 1 aliphatic rings. The zero-order valence-electron chi connectivity index (χ0n) is 17.8. The number of nitrogens with two attached hydrogens (primary N) is 1. The Hall–Kier alpha value is -3.21. The first kappa shape index (κ1) is 23.0. The Morgan fingerprint density at radius 2 is 2.18 bits per heavy atom. The number of rotatable bonds is 7. The lowest BCUT2D eigenvalue weighted by molar-refractivity contribution is -0.127. The van der Waals surface area contributed by atoms with Crippen LogP contribution in [0.2, 0.25) is 5.02 Å². The van der Waals surface area contributed by atoms with Crippen LogP contribution < -0.4 is 21.3 Å².